The van der Waals surface area contributed by atoms with E-state index >= 15 is 8.78 Å². The van der Waals surface area contributed by atoms with Crippen molar-refractivity contribution >= 4 is 8.24 Å². The van der Waals surface area contributed by atoms with Crippen LogP contribution in [0.2, 0.25) is 19.6 Å². The zero-order valence-corrected chi connectivity index (χ0v) is 29.6. The summed E-state index contributed by atoms with van der Waals surface area (Å²) in [5.74, 6) is 0.556. The second-order valence-electron chi connectivity index (χ2n) is 13.4. The van der Waals surface area contributed by atoms with Crippen molar-refractivity contribution in [2.24, 2.45) is 0 Å². The molecule has 0 saturated heterocycles. The van der Waals surface area contributed by atoms with E-state index in [1.165, 1.54) is 16.7 Å². The number of nitrogens with zero attached hydrogens (tertiary/aromatic N) is 2. The molecule has 0 amide bonds. The van der Waals surface area contributed by atoms with Gasteiger partial charge >= 0.3 is 6.05 Å². The van der Waals surface area contributed by atoms with Gasteiger partial charge in [-0.05, 0) is 78.8 Å². The summed E-state index contributed by atoms with van der Waals surface area (Å²) in [7, 11) is 0.699. The summed E-state index contributed by atoms with van der Waals surface area (Å²) >= 11 is 0. The molecule has 6 rings (SSSR count). The molecule has 0 aliphatic carbocycles. The van der Waals surface area contributed by atoms with Gasteiger partial charge in [-0.25, -0.2) is 0 Å². The Morgan fingerprint density at radius 3 is 1.53 bits per heavy atom. The minimum atomic E-state index is -3.40. The van der Waals surface area contributed by atoms with Crippen LogP contribution in [-0.4, -0.2) is 26.4 Å². The first-order valence-corrected chi connectivity index (χ1v) is 20.2. The Labute approximate surface area is 290 Å². The standard InChI is InChI=1S/C43H43F2N2OSi/c1-46(49(2,3)4)30-29-42(36-23-15-8-16-24-36)48-39-27-25-38(26-28-39)43(44,45)47-40(34-19-11-6-12-20-34)31-37(33-17-9-5-10-18-33)32-41(47)35-21-13-7-14-22-35/h5-28,31-32,42H,29-30H2,1-4H3/q+1. The summed E-state index contributed by atoms with van der Waals surface area (Å²) < 4.78 is 44.6. The number of ether oxygens (including phenoxy) is 1. The zero-order chi connectivity index (χ0) is 34.4. The topological polar surface area (TPSA) is 16.4 Å². The van der Waals surface area contributed by atoms with Crippen molar-refractivity contribution < 1.29 is 18.1 Å². The Kier molecular flexibility index (Phi) is 10.2. The summed E-state index contributed by atoms with van der Waals surface area (Å²) in [4.78, 5) is 0. The highest BCUT2D eigenvalue weighted by atomic mass is 28.3. The molecule has 0 aliphatic rings. The van der Waals surface area contributed by atoms with E-state index in [0.717, 1.165) is 29.7 Å². The number of aromatic nitrogens is 1. The molecule has 0 spiro atoms. The smallest absolute Gasteiger partial charge is 0.486 e. The second-order valence-corrected chi connectivity index (χ2v) is 18.5. The van der Waals surface area contributed by atoms with E-state index in [9.17, 15) is 0 Å². The number of hydrogen-bond acceptors (Lipinski definition) is 2. The number of halogens is 2. The highest BCUT2D eigenvalue weighted by Crippen LogP contribution is 2.36. The van der Waals surface area contributed by atoms with Crippen LogP contribution in [0.1, 0.15) is 23.7 Å². The van der Waals surface area contributed by atoms with Gasteiger partial charge in [0.05, 0.1) is 5.56 Å². The van der Waals surface area contributed by atoms with Gasteiger partial charge in [0.15, 0.2) is 0 Å². The molecule has 0 N–H and O–H groups in total. The van der Waals surface area contributed by atoms with Crippen LogP contribution in [0.3, 0.4) is 0 Å². The molecule has 6 aromatic rings. The van der Waals surface area contributed by atoms with Crippen LogP contribution in [0, 0.1) is 0 Å². The van der Waals surface area contributed by atoms with Crippen molar-refractivity contribution in [1.29, 1.82) is 0 Å². The van der Waals surface area contributed by atoms with Crippen molar-refractivity contribution in [2.45, 2.75) is 38.2 Å². The maximum atomic E-state index is 17.2. The minimum Gasteiger partial charge on any atom is -0.486 e. The number of pyridine rings is 1. The minimum absolute atomic E-state index is 0.124. The first-order valence-electron chi connectivity index (χ1n) is 16.8. The maximum Gasteiger partial charge on any atom is 0.490 e. The fourth-order valence-corrected chi connectivity index (χ4v) is 6.77. The molecule has 1 atom stereocenters. The highest BCUT2D eigenvalue weighted by Gasteiger charge is 2.48. The van der Waals surface area contributed by atoms with Gasteiger partial charge in [0.2, 0.25) is 11.4 Å². The van der Waals surface area contributed by atoms with Crippen molar-refractivity contribution in [3.8, 4) is 39.4 Å². The molecule has 3 nitrogen and oxygen atoms in total. The zero-order valence-electron chi connectivity index (χ0n) is 28.6. The molecule has 0 radical (unpaired) electrons. The molecule has 5 aromatic carbocycles. The second kappa shape index (κ2) is 14.7. The monoisotopic (exact) mass is 669 g/mol. The molecular weight excluding hydrogens is 627 g/mol. The lowest BCUT2D eigenvalue weighted by molar-refractivity contribution is -0.793. The third kappa shape index (κ3) is 7.88. The number of rotatable bonds is 12. The van der Waals surface area contributed by atoms with Crippen molar-refractivity contribution in [3.63, 3.8) is 0 Å². The van der Waals surface area contributed by atoms with Gasteiger partial charge in [-0.3, -0.25) is 0 Å². The predicted octanol–water partition coefficient (Wildman–Crippen LogP) is 10.8. The average molecular weight is 670 g/mol. The lowest BCUT2D eigenvalue weighted by Gasteiger charge is -2.31. The Morgan fingerprint density at radius 1 is 0.612 bits per heavy atom. The maximum absolute atomic E-state index is 17.2. The van der Waals surface area contributed by atoms with Gasteiger partial charge in [-0.2, -0.15) is 0 Å². The molecule has 0 bridgehead atoms. The van der Waals surface area contributed by atoms with Gasteiger partial charge in [-0.15, -0.1) is 13.3 Å². The third-order valence-electron chi connectivity index (χ3n) is 9.12. The van der Waals surface area contributed by atoms with E-state index in [-0.39, 0.29) is 11.7 Å². The Morgan fingerprint density at radius 2 is 1.06 bits per heavy atom. The summed E-state index contributed by atoms with van der Waals surface area (Å²) in [6.45, 7) is 7.85. The molecule has 1 unspecified atom stereocenters. The van der Waals surface area contributed by atoms with Crippen molar-refractivity contribution in [3.05, 3.63) is 169 Å². The van der Waals surface area contributed by atoms with E-state index in [1.807, 2.05) is 121 Å². The summed E-state index contributed by atoms with van der Waals surface area (Å²) in [5.41, 5.74) is 5.00. The van der Waals surface area contributed by atoms with Crippen LogP contribution in [-0.2, 0) is 6.05 Å². The van der Waals surface area contributed by atoms with Crippen LogP contribution >= 0.6 is 0 Å². The van der Waals surface area contributed by atoms with Gasteiger partial charge in [0.1, 0.15) is 20.1 Å². The molecule has 1 aromatic heterocycles. The number of hydrogen-bond donors (Lipinski definition) is 0. The number of benzene rings is 5. The molecule has 248 valence electrons. The van der Waals surface area contributed by atoms with Crippen LogP contribution in [0.15, 0.2) is 158 Å². The first kappa shape index (κ1) is 34.0. The average Bonchev–Trinajstić information content (AvgIpc) is 3.14. The fraction of sp³-hybridized carbons (Fsp3) is 0.186. The SMILES string of the molecule is CN(CCC(Oc1ccc(C(F)(F)[n+]2c(-c3ccccc3)cc(-c3ccccc3)cc2-c2ccccc2)cc1)c1ccccc1)[Si](C)(C)C. The van der Waals surface area contributed by atoms with Crippen LogP contribution < -0.4 is 9.30 Å². The summed E-state index contributed by atoms with van der Waals surface area (Å²) in [6.07, 6.45) is 0.577. The van der Waals surface area contributed by atoms with E-state index in [2.05, 4.69) is 43.4 Å². The molecule has 0 aliphatic heterocycles. The Bertz CT molecular complexity index is 1890. The normalized spacial score (nSPS) is 12.6. The van der Waals surface area contributed by atoms with E-state index < -0.39 is 14.3 Å². The lowest BCUT2D eigenvalue weighted by atomic mass is 9.98. The summed E-state index contributed by atoms with van der Waals surface area (Å²) in [5, 5.41) is 0. The van der Waals surface area contributed by atoms with E-state index in [0.29, 0.717) is 28.3 Å². The van der Waals surface area contributed by atoms with Crippen LogP contribution in [0.25, 0.3) is 33.6 Å². The largest absolute Gasteiger partial charge is 0.490 e. The van der Waals surface area contributed by atoms with Gasteiger partial charge in [0.25, 0.3) is 0 Å². The van der Waals surface area contributed by atoms with Gasteiger partial charge in [-0.1, -0.05) is 117 Å². The molecule has 0 saturated carbocycles. The van der Waals surface area contributed by atoms with Gasteiger partial charge < -0.3 is 9.30 Å². The number of alkyl halides is 2. The third-order valence-corrected chi connectivity index (χ3v) is 11.6. The van der Waals surface area contributed by atoms with E-state index in [4.69, 9.17) is 4.74 Å². The Hall–Kier alpha value is -4.91. The van der Waals surface area contributed by atoms with Crippen molar-refractivity contribution in [2.75, 3.05) is 13.6 Å². The first-order chi connectivity index (χ1) is 23.6. The summed E-state index contributed by atoms with van der Waals surface area (Å²) in [6, 6.07) is 45.5. The molecule has 6 heteroatoms. The quantitative estimate of drug-likeness (QED) is 0.0952. The van der Waals surface area contributed by atoms with E-state index in [1.54, 1.807) is 12.1 Å². The molecule has 49 heavy (non-hydrogen) atoms. The fourth-order valence-electron chi connectivity index (χ4n) is 5.97. The van der Waals surface area contributed by atoms with Gasteiger partial charge in [0, 0.05) is 29.7 Å². The molecule has 1 heterocycles. The molecular formula is C43H43F2N2OSi+. The molecule has 0 fully saturated rings. The highest BCUT2D eigenvalue weighted by molar-refractivity contribution is 6.73. The van der Waals surface area contributed by atoms with Crippen LogP contribution in [0.4, 0.5) is 8.78 Å². The van der Waals surface area contributed by atoms with Crippen molar-refractivity contribution in [1.82, 2.24) is 4.57 Å². The Balaban J connectivity index is 1.41. The predicted molar refractivity (Wildman–Crippen MR) is 199 cm³/mol. The lowest BCUT2D eigenvalue weighted by Crippen LogP contribution is -2.54. The van der Waals surface area contributed by atoms with Crippen LogP contribution in [0.5, 0.6) is 5.75 Å².